The van der Waals surface area contributed by atoms with Gasteiger partial charge in [0.05, 0.1) is 26.9 Å². The maximum absolute atomic E-state index is 14.1. The molecule has 0 aromatic heterocycles. The fourth-order valence-electron chi connectivity index (χ4n) is 3.98. The summed E-state index contributed by atoms with van der Waals surface area (Å²) in [5, 5.41) is 0. The summed E-state index contributed by atoms with van der Waals surface area (Å²) in [4.78, 5) is 17.4. The van der Waals surface area contributed by atoms with Gasteiger partial charge < -0.3 is 19.1 Å². The highest BCUT2D eigenvalue weighted by Crippen LogP contribution is 2.28. The molecule has 1 fully saturated rings. The van der Waals surface area contributed by atoms with Crippen LogP contribution in [0.2, 0.25) is 0 Å². The third-order valence-electron chi connectivity index (χ3n) is 5.50. The minimum Gasteiger partial charge on any atom is -0.493 e. The van der Waals surface area contributed by atoms with Gasteiger partial charge in [0.2, 0.25) is 0 Å². The third-order valence-corrected chi connectivity index (χ3v) is 5.50. The Morgan fingerprint density at radius 2 is 1.94 bits per heavy atom. The minimum absolute atomic E-state index is 0.0746. The second-order valence-electron chi connectivity index (χ2n) is 8.49. The lowest BCUT2D eigenvalue weighted by atomic mass is 10.1. The molecule has 1 atom stereocenters. The highest BCUT2D eigenvalue weighted by atomic mass is 19.1. The quantitative estimate of drug-likeness (QED) is 0.588. The Hall–Kier alpha value is -2.64. The van der Waals surface area contributed by atoms with Gasteiger partial charge in [0.15, 0.2) is 11.5 Å². The molecular formula is C25H33FN2O4. The minimum atomic E-state index is -0.194. The van der Waals surface area contributed by atoms with E-state index >= 15 is 0 Å². The molecule has 1 aliphatic heterocycles. The van der Waals surface area contributed by atoms with Gasteiger partial charge in [-0.1, -0.05) is 32.0 Å². The summed E-state index contributed by atoms with van der Waals surface area (Å²) in [6.45, 7) is 7.71. The van der Waals surface area contributed by atoms with Crippen molar-refractivity contribution >= 4 is 5.91 Å². The Labute approximate surface area is 189 Å². The summed E-state index contributed by atoms with van der Waals surface area (Å²) in [5.41, 5.74) is 1.22. The van der Waals surface area contributed by atoms with Crippen molar-refractivity contribution in [1.82, 2.24) is 9.80 Å². The van der Waals surface area contributed by atoms with Crippen LogP contribution in [0.25, 0.3) is 0 Å². The number of methoxy groups -OCH3 is 2. The Morgan fingerprint density at radius 3 is 2.62 bits per heavy atom. The highest BCUT2D eigenvalue weighted by molar-refractivity contribution is 5.95. The molecule has 3 rings (SSSR count). The van der Waals surface area contributed by atoms with Gasteiger partial charge in [-0.05, 0) is 30.2 Å². The highest BCUT2D eigenvalue weighted by Gasteiger charge is 2.27. The van der Waals surface area contributed by atoms with Gasteiger partial charge in [0.1, 0.15) is 5.82 Å². The van der Waals surface area contributed by atoms with Crippen molar-refractivity contribution in [2.75, 3.05) is 47.0 Å². The number of rotatable bonds is 9. The summed E-state index contributed by atoms with van der Waals surface area (Å²) in [6, 6.07) is 12.1. The first-order valence-corrected chi connectivity index (χ1v) is 11.0. The summed E-state index contributed by atoms with van der Waals surface area (Å²) in [7, 11) is 3.12. The monoisotopic (exact) mass is 444 g/mol. The average molecular weight is 445 g/mol. The van der Waals surface area contributed by atoms with E-state index in [1.807, 2.05) is 17.0 Å². The number of ether oxygens (including phenoxy) is 3. The zero-order valence-corrected chi connectivity index (χ0v) is 19.3. The second-order valence-corrected chi connectivity index (χ2v) is 8.49. The number of halogens is 1. The van der Waals surface area contributed by atoms with Crippen LogP contribution < -0.4 is 9.47 Å². The van der Waals surface area contributed by atoms with Gasteiger partial charge >= 0.3 is 0 Å². The molecule has 0 spiro atoms. The van der Waals surface area contributed by atoms with E-state index in [2.05, 4.69) is 18.7 Å². The SMILES string of the molecule is COc1ccc(C(=O)N(CC(C)C)CC2CN(Cc3ccccc3F)CCO2)cc1OC. The van der Waals surface area contributed by atoms with Crippen LogP contribution in [0.15, 0.2) is 42.5 Å². The van der Waals surface area contributed by atoms with Crippen LogP contribution in [0.4, 0.5) is 4.39 Å². The molecule has 1 unspecified atom stereocenters. The van der Waals surface area contributed by atoms with Crippen molar-refractivity contribution in [1.29, 1.82) is 0 Å². The van der Waals surface area contributed by atoms with Crippen molar-refractivity contribution in [3.63, 3.8) is 0 Å². The first kappa shape index (κ1) is 24.0. The number of morpholine rings is 1. The Kier molecular flexibility index (Phi) is 8.47. The predicted octanol–water partition coefficient (Wildman–Crippen LogP) is 3.84. The zero-order chi connectivity index (χ0) is 23.1. The molecule has 1 amide bonds. The van der Waals surface area contributed by atoms with E-state index in [-0.39, 0.29) is 17.8 Å². The Balaban J connectivity index is 1.70. The lowest BCUT2D eigenvalue weighted by molar-refractivity contribution is -0.0440. The second kappa shape index (κ2) is 11.3. The van der Waals surface area contributed by atoms with E-state index in [1.54, 1.807) is 38.5 Å². The van der Waals surface area contributed by atoms with Crippen LogP contribution in [-0.4, -0.2) is 68.8 Å². The normalized spacial score (nSPS) is 16.8. The molecule has 174 valence electrons. The Morgan fingerprint density at radius 1 is 1.19 bits per heavy atom. The maximum atomic E-state index is 14.1. The van der Waals surface area contributed by atoms with E-state index in [0.29, 0.717) is 61.3 Å². The van der Waals surface area contributed by atoms with Gasteiger partial charge in [0, 0.05) is 43.9 Å². The maximum Gasteiger partial charge on any atom is 0.254 e. The summed E-state index contributed by atoms with van der Waals surface area (Å²) in [5.74, 6) is 1.14. The first-order valence-electron chi connectivity index (χ1n) is 11.0. The zero-order valence-electron chi connectivity index (χ0n) is 19.3. The molecule has 1 aliphatic rings. The van der Waals surface area contributed by atoms with Crippen LogP contribution in [-0.2, 0) is 11.3 Å². The molecule has 2 aromatic rings. The molecule has 0 N–H and O–H groups in total. The number of hydrogen-bond acceptors (Lipinski definition) is 5. The number of carbonyl (C=O) groups is 1. The largest absolute Gasteiger partial charge is 0.493 e. The van der Waals surface area contributed by atoms with Gasteiger partial charge in [-0.2, -0.15) is 0 Å². The number of carbonyl (C=O) groups excluding carboxylic acids is 1. The van der Waals surface area contributed by atoms with E-state index in [9.17, 15) is 9.18 Å². The van der Waals surface area contributed by atoms with Crippen molar-refractivity contribution in [2.45, 2.75) is 26.5 Å². The van der Waals surface area contributed by atoms with Crippen LogP contribution in [0.1, 0.15) is 29.8 Å². The third kappa shape index (κ3) is 6.20. The van der Waals surface area contributed by atoms with E-state index in [0.717, 1.165) is 6.54 Å². The number of nitrogens with zero attached hydrogens (tertiary/aromatic N) is 2. The van der Waals surface area contributed by atoms with Crippen molar-refractivity contribution in [3.05, 3.63) is 59.4 Å². The fourth-order valence-corrected chi connectivity index (χ4v) is 3.98. The van der Waals surface area contributed by atoms with Gasteiger partial charge in [-0.3, -0.25) is 9.69 Å². The molecular weight excluding hydrogens is 411 g/mol. The van der Waals surface area contributed by atoms with Gasteiger partial charge in [-0.15, -0.1) is 0 Å². The smallest absolute Gasteiger partial charge is 0.254 e. The summed E-state index contributed by atoms with van der Waals surface area (Å²) >= 11 is 0. The van der Waals surface area contributed by atoms with Crippen molar-refractivity contribution < 1.29 is 23.4 Å². The molecule has 0 bridgehead atoms. The first-order chi connectivity index (χ1) is 15.4. The van der Waals surface area contributed by atoms with Crippen molar-refractivity contribution in [2.24, 2.45) is 5.92 Å². The van der Waals surface area contributed by atoms with Crippen LogP contribution in [0.3, 0.4) is 0 Å². The van der Waals surface area contributed by atoms with Crippen molar-refractivity contribution in [3.8, 4) is 11.5 Å². The molecule has 0 radical (unpaired) electrons. The van der Waals surface area contributed by atoms with Crippen LogP contribution in [0, 0.1) is 11.7 Å². The lowest BCUT2D eigenvalue weighted by Gasteiger charge is -2.36. The average Bonchev–Trinajstić information content (AvgIpc) is 2.79. The van der Waals surface area contributed by atoms with E-state index in [1.165, 1.54) is 6.07 Å². The lowest BCUT2D eigenvalue weighted by Crippen LogP contribution is -2.49. The molecule has 6 nitrogen and oxygen atoms in total. The van der Waals surface area contributed by atoms with E-state index in [4.69, 9.17) is 14.2 Å². The number of hydrogen-bond donors (Lipinski definition) is 0. The molecule has 32 heavy (non-hydrogen) atoms. The van der Waals surface area contributed by atoms with Gasteiger partial charge in [-0.25, -0.2) is 4.39 Å². The summed E-state index contributed by atoms with van der Waals surface area (Å²) < 4.78 is 30.7. The number of amides is 1. The van der Waals surface area contributed by atoms with Crippen LogP contribution >= 0.6 is 0 Å². The molecule has 7 heteroatoms. The molecule has 1 saturated heterocycles. The molecule has 2 aromatic carbocycles. The number of benzene rings is 2. The molecule has 1 heterocycles. The van der Waals surface area contributed by atoms with Crippen LogP contribution in [0.5, 0.6) is 11.5 Å². The molecule has 0 aliphatic carbocycles. The fraction of sp³-hybridized carbons (Fsp3) is 0.480. The summed E-state index contributed by atoms with van der Waals surface area (Å²) in [6.07, 6.45) is -0.140. The predicted molar refractivity (Wildman–Crippen MR) is 122 cm³/mol. The Bertz CT molecular complexity index is 905. The standard InChI is InChI=1S/C25H33FN2O4/c1-18(2)14-28(25(29)19-9-10-23(30-3)24(13-19)31-4)17-21-16-27(11-12-32-21)15-20-7-5-6-8-22(20)26/h5-10,13,18,21H,11-12,14-17H2,1-4H3. The molecule has 0 saturated carbocycles. The van der Waals surface area contributed by atoms with E-state index < -0.39 is 0 Å². The van der Waals surface area contributed by atoms with Gasteiger partial charge in [0.25, 0.3) is 5.91 Å². The topological polar surface area (TPSA) is 51.2 Å².